The second kappa shape index (κ2) is 7.78. The standard InChI is InChI=1S/C11H21N5O/c1-2-6-13-11(17)10(12)5-3-4-8-16-9-7-14-15-16/h7,9-10H,2-6,8,12H2,1H3,(H,13,17). The maximum Gasteiger partial charge on any atom is 0.236 e. The lowest BCUT2D eigenvalue weighted by atomic mass is 10.1. The van der Waals surface area contributed by atoms with E-state index in [1.54, 1.807) is 10.9 Å². The van der Waals surface area contributed by atoms with E-state index in [4.69, 9.17) is 5.73 Å². The SMILES string of the molecule is CCCNC(=O)C(N)CCCCn1ccnn1. The Morgan fingerprint density at radius 3 is 3.00 bits per heavy atom. The summed E-state index contributed by atoms with van der Waals surface area (Å²) in [5, 5.41) is 10.4. The average Bonchev–Trinajstić information content (AvgIpc) is 2.84. The minimum absolute atomic E-state index is 0.0485. The Hall–Kier alpha value is -1.43. The molecule has 1 aromatic heterocycles. The Morgan fingerprint density at radius 1 is 1.53 bits per heavy atom. The first-order valence-corrected chi connectivity index (χ1v) is 6.11. The minimum Gasteiger partial charge on any atom is -0.355 e. The fourth-order valence-electron chi connectivity index (χ4n) is 1.50. The number of nitrogens with two attached hydrogens (primary N) is 1. The van der Waals surface area contributed by atoms with Gasteiger partial charge in [-0.3, -0.25) is 9.48 Å². The molecular formula is C11H21N5O. The lowest BCUT2D eigenvalue weighted by Crippen LogP contribution is -2.40. The van der Waals surface area contributed by atoms with Crippen LogP contribution in [0.5, 0.6) is 0 Å². The molecule has 0 saturated carbocycles. The van der Waals surface area contributed by atoms with Crippen molar-refractivity contribution in [1.82, 2.24) is 20.3 Å². The van der Waals surface area contributed by atoms with Gasteiger partial charge in [0.1, 0.15) is 0 Å². The van der Waals surface area contributed by atoms with E-state index in [0.29, 0.717) is 13.0 Å². The van der Waals surface area contributed by atoms with Gasteiger partial charge in [-0.1, -0.05) is 12.1 Å². The van der Waals surface area contributed by atoms with Gasteiger partial charge >= 0.3 is 0 Å². The normalized spacial score (nSPS) is 12.4. The van der Waals surface area contributed by atoms with Crippen LogP contribution in [0.2, 0.25) is 0 Å². The predicted octanol–water partition coefficient (Wildman–Crippen LogP) is 0.302. The summed E-state index contributed by atoms with van der Waals surface area (Å²) in [5.41, 5.74) is 5.77. The molecule has 1 aromatic rings. The number of unbranched alkanes of at least 4 members (excludes halogenated alkanes) is 1. The molecule has 0 bridgehead atoms. The van der Waals surface area contributed by atoms with E-state index in [9.17, 15) is 4.79 Å². The van der Waals surface area contributed by atoms with Gasteiger partial charge in [0.05, 0.1) is 12.2 Å². The summed E-state index contributed by atoms with van der Waals surface area (Å²) >= 11 is 0. The van der Waals surface area contributed by atoms with Gasteiger partial charge in [-0.15, -0.1) is 5.10 Å². The lowest BCUT2D eigenvalue weighted by molar-refractivity contribution is -0.122. The highest BCUT2D eigenvalue weighted by atomic mass is 16.2. The molecule has 0 radical (unpaired) electrons. The highest BCUT2D eigenvalue weighted by Crippen LogP contribution is 2.01. The highest BCUT2D eigenvalue weighted by molar-refractivity contribution is 5.81. The van der Waals surface area contributed by atoms with E-state index in [1.165, 1.54) is 0 Å². The van der Waals surface area contributed by atoms with Crippen molar-refractivity contribution in [2.24, 2.45) is 5.73 Å². The van der Waals surface area contributed by atoms with Crippen LogP contribution in [0, 0.1) is 0 Å². The molecule has 0 spiro atoms. The molecule has 1 amide bonds. The molecular weight excluding hydrogens is 218 g/mol. The van der Waals surface area contributed by atoms with Gasteiger partial charge in [-0.2, -0.15) is 0 Å². The maximum atomic E-state index is 11.5. The summed E-state index contributed by atoms with van der Waals surface area (Å²) in [6, 6.07) is -0.391. The van der Waals surface area contributed by atoms with E-state index >= 15 is 0 Å². The summed E-state index contributed by atoms with van der Waals surface area (Å²) in [7, 11) is 0. The summed E-state index contributed by atoms with van der Waals surface area (Å²) in [6.45, 7) is 3.54. The Bertz CT molecular complexity index is 312. The fourth-order valence-corrected chi connectivity index (χ4v) is 1.50. The number of hydrogen-bond donors (Lipinski definition) is 2. The van der Waals surface area contributed by atoms with Gasteiger partial charge < -0.3 is 11.1 Å². The van der Waals surface area contributed by atoms with Gasteiger partial charge in [0.2, 0.25) is 5.91 Å². The number of carbonyl (C=O) groups excluding carboxylic acids is 1. The Morgan fingerprint density at radius 2 is 2.35 bits per heavy atom. The number of nitrogens with zero attached hydrogens (tertiary/aromatic N) is 3. The molecule has 0 aliphatic rings. The van der Waals surface area contributed by atoms with Gasteiger partial charge in [0, 0.05) is 19.3 Å². The third kappa shape index (κ3) is 5.44. The number of rotatable bonds is 8. The molecule has 0 aliphatic carbocycles. The van der Waals surface area contributed by atoms with Crippen LogP contribution in [0.15, 0.2) is 12.4 Å². The summed E-state index contributed by atoms with van der Waals surface area (Å²) in [5.74, 6) is -0.0485. The molecule has 1 heterocycles. The molecule has 0 aliphatic heterocycles. The summed E-state index contributed by atoms with van der Waals surface area (Å²) in [4.78, 5) is 11.5. The van der Waals surface area contributed by atoms with Crippen LogP contribution < -0.4 is 11.1 Å². The predicted molar refractivity (Wildman–Crippen MR) is 65.1 cm³/mol. The zero-order valence-corrected chi connectivity index (χ0v) is 10.3. The van der Waals surface area contributed by atoms with Crippen molar-refractivity contribution in [2.75, 3.05) is 6.54 Å². The first kappa shape index (κ1) is 13.6. The van der Waals surface area contributed by atoms with Crippen LogP contribution in [-0.4, -0.2) is 33.5 Å². The average molecular weight is 239 g/mol. The number of nitrogens with one attached hydrogen (secondary N) is 1. The highest BCUT2D eigenvalue weighted by Gasteiger charge is 2.11. The Kier molecular flexibility index (Phi) is 6.24. The number of amides is 1. The second-order valence-corrected chi connectivity index (χ2v) is 4.06. The molecule has 3 N–H and O–H groups in total. The van der Waals surface area contributed by atoms with Crippen molar-refractivity contribution < 1.29 is 4.79 Å². The Labute approximate surface area is 102 Å². The summed E-state index contributed by atoms with van der Waals surface area (Å²) < 4.78 is 1.78. The minimum atomic E-state index is -0.391. The van der Waals surface area contributed by atoms with Crippen LogP contribution in [0.1, 0.15) is 32.6 Å². The first-order valence-electron chi connectivity index (χ1n) is 6.11. The molecule has 0 fully saturated rings. The molecule has 1 atom stereocenters. The number of hydrogen-bond acceptors (Lipinski definition) is 4. The quantitative estimate of drug-likeness (QED) is 0.639. The largest absolute Gasteiger partial charge is 0.355 e. The second-order valence-electron chi connectivity index (χ2n) is 4.06. The number of carbonyl (C=O) groups is 1. The van der Waals surface area contributed by atoms with Crippen LogP contribution in [0.3, 0.4) is 0 Å². The van der Waals surface area contributed by atoms with E-state index in [2.05, 4.69) is 15.6 Å². The van der Waals surface area contributed by atoms with Crippen molar-refractivity contribution in [3.8, 4) is 0 Å². The monoisotopic (exact) mass is 239 g/mol. The molecule has 6 heteroatoms. The van der Waals surface area contributed by atoms with Gasteiger partial charge in [-0.05, 0) is 25.7 Å². The number of aryl methyl sites for hydroxylation is 1. The van der Waals surface area contributed by atoms with Crippen molar-refractivity contribution in [3.05, 3.63) is 12.4 Å². The molecule has 17 heavy (non-hydrogen) atoms. The van der Waals surface area contributed by atoms with Gasteiger partial charge in [-0.25, -0.2) is 0 Å². The van der Waals surface area contributed by atoms with Crippen LogP contribution in [0.4, 0.5) is 0 Å². The first-order chi connectivity index (χ1) is 8.24. The fraction of sp³-hybridized carbons (Fsp3) is 0.727. The Balaban J connectivity index is 2.07. The van der Waals surface area contributed by atoms with Crippen molar-refractivity contribution >= 4 is 5.91 Å². The van der Waals surface area contributed by atoms with Gasteiger partial charge in [0.25, 0.3) is 0 Å². The van der Waals surface area contributed by atoms with Crippen LogP contribution in [-0.2, 0) is 11.3 Å². The zero-order chi connectivity index (χ0) is 12.5. The smallest absolute Gasteiger partial charge is 0.236 e. The van der Waals surface area contributed by atoms with Crippen molar-refractivity contribution in [2.45, 2.75) is 45.2 Å². The van der Waals surface area contributed by atoms with Crippen LogP contribution in [0.25, 0.3) is 0 Å². The lowest BCUT2D eigenvalue weighted by Gasteiger charge is -2.11. The molecule has 0 aromatic carbocycles. The molecule has 1 rings (SSSR count). The zero-order valence-electron chi connectivity index (χ0n) is 10.3. The van der Waals surface area contributed by atoms with Gasteiger partial charge in [0.15, 0.2) is 0 Å². The maximum absolute atomic E-state index is 11.5. The summed E-state index contributed by atoms with van der Waals surface area (Å²) in [6.07, 6.45) is 7.01. The van der Waals surface area contributed by atoms with Crippen molar-refractivity contribution in [3.63, 3.8) is 0 Å². The number of aromatic nitrogens is 3. The van der Waals surface area contributed by atoms with Crippen molar-refractivity contribution in [1.29, 1.82) is 0 Å². The van der Waals surface area contributed by atoms with E-state index in [1.807, 2.05) is 13.1 Å². The third-order valence-corrected chi connectivity index (χ3v) is 2.51. The van der Waals surface area contributed by atoms with E-state index in [0.717, 1.165) is 25.8 Å². The van der Waals surface area contributed by atoms with E-state index in [-0.39, 0.29) is 5.91 Å². The molecule has 96 valence electrons. The molecule has 6 nitrogen and oxygen atoms in total. The third-order valence-electron chi connectivity index (χ3n) is 2.51. The molecule has 0 saturated heterocycles. The van der Waals surface area contributed by atoms with Crippen LogP contribution >= 0.6 is 0 Å². The van der Waals surface area contributed by atoms with E-state index < -0.39 is 6.04 Å². The molecule has 1 unspecified atom stereocenters. The topological polar surface area (TPSA) is 85.8 Å².